The second-order valence-electron chi connectivity index (χ2n) is 9.13. The molecule has 0 amide bonds. The van der Waals surface area contributed by atoms with Crippen molar-refractivity contribution in [1.82, 2.24) is 0 Å². The van der Waals surface area contributed by atoms with Gasteiger partial charge in [0.15, 0.2) is 0 Å². The molecule has 2 aromatic rings. The van der Waals surface area contributed by atoms with Crippen LogP contribution in [0.15, 0.2) is 29.6 Å². The van der Waals surface area contributed by atoms with Crippen molar-refractivity contribution in [2.45, 2.75) is 80.6 Å². The molecule has 0 spiro atoms. The standard InChI is InChI=1S/C13H20.C10H16S/c1-9-7-10(2)12(11(3)8-9)13(4,5)6;1-8(10(2,3)4)9-6-5-7-11-9/h7-8H,1-6H3;5-8H,1-4H3. The smallest absolute Gasteiger partial charge is 0.00786 e. The molecule has 0 fully saturated rings. The van der Waals surface area contributed by atoms with Crippen LogP contribution in [-0.2, 0) is 5.41 Å². The van der Waals surface area contributed by atoms with Crippen LogP contribution in [-0.4, -0.2) is 0 Å². The molecule has 0 nitrogen and oxygen atoms in total. The van der Waals surface area contributed by atoms with E-state index in [0.717, 1.165) is 0 Å². The lowest BCUT2D eigenvalue weighted by molar-refractivity contribution is 0.343. The topological polar surface area (TPSA) is 0 Å². The molecule has 1 heterocycles. The van der Waals surface area contributed by atoms with Crippen molar-refractivity contribution in [3.05, 3.63) is 56.8 Å². The molecule has 24 heavy (non-hydrogen) atoms. The summed E-state index contributed by atoms with van der Waals surface area (Å²) in [6.45, 7) is 22.6. The van der Waals surface area contributed by atoms with Crippen molar-refractivity contribution in [3.63, 3.8) is 0 Å². The third-order valence-electron chi connectivity index (χ3n) is 4.70. The van der Waals surface area contributed by atoms with Crippen molar-refractivity contribution in [2.75, 3.05) is 0 Å². The molecular weight excluding hydrogens is 308 g/mol. The van der Waals surface area contributed by atoms with Crippen LogP contribution in [0.2, 0.25) is 0 Å². The fourth-order valence-electron chi connectivity index (χ4n) is 3.33. The molecule has 0 N–H and O–H groups in total. The highest BCUT2D eigenvalue weighted by Crippen LogP contribution is 2.36. The zero-order valence-electron chi connectivity index (χ0n) is 17.4. The highest BCUT2D eigenvalue weighted by Gasteiger charge is 2.22. The zero-order chi connectivity index (χ0) is 18.7. The summed E-state index contributed by atoms with van der Waals surface area (Å²) in [6.07, 6.45) is 0. The van der Waals surface area contributed by atoms with Crippen molar-refractivity contribution in [2.24, 2.45) is 5.41 Å². The van der Waals surface area contributed by atoms with Crippen LogP contribution in [0.3, 0.4) is 0 Å². The van der Waals surface area contributed by atoms with E-state index in [4.69, 9.17) is 0 Å². The molecule has 2 rings (SSSR count). The molecule has 1 atom stereocenters. The molecule has 0 bridgehead atoms. The Morgan fingerprint density at radius 3 is 1.71 bits per heavy atom. The predicted molar refractivity (Wildman–Crippen MR) is 112 cm³/mol. The molecular formula is C23H36S. The van der Waals surface area contributed by atoms with Crippen molar-refractivity contribution < 1.29 is 0 Å². The number of hydrogen-bond acceptors (Lipinski definition) is 1. The number of benzene rings is 1. The largest absolute Gasteiger partial charge is 0.149 e. The Kier molecular flexibility index (Phi) is 6.87. The first-order chi connectivity index (χ1) is 10.8. The molecule has 1 aromatic carbocycles. The second-order valence-corrected chi connectivity index (χ2v) is 10.1. The Morgan fingerprint density at radius 2 is 1.38 bits per heavy atom. The van der Waals surface area contributed by atoms with E-state index in [0.29, 0.717) is 11.3 Å². The summed E-state index contributed by atoms with van der Waals surface area (Å²) in [5, 5.41) is 2.15. The molecule has 1 aromatic heterocycles. The normalized spacial score (nSPS) is 13.2. The van der Waals surface area contributed by atoms with Gasteiger partial charge in [0.1, 0.15) is 0 Å². The summed E-state index contributed by atoms with van der Waals surface area (Å²) < 4.78 is 0. The quantitative estimate of drug-likeness (QED) is 0.495. The van der Waals surface area contributed by atoms with Gasteiger partial charge in [-0.2, -0.15) is 0 Å². The minimum Gasteiger partial charge on any atom is -0.149 e. The van der Waals surface area contributed by atoms with E-state index in [1.807, 2.05) is 11.3 Å². The van der Waals surface area contributed by atoms with Gasteiger partial charge in [-0.25, -0.2) is 0 Å². The van der Waals surface area contributed by atoms with E-state index >= 15 is 0 Å². The summed E-state index contributed by atoms with van der Waals surface area (Å²) >= 11 is 1.86. The maximum atomic E-state index is 2.30. The van der Waals surface area contributed by atoms with Gasteiger partial charge in [-0.1, -0.05) is 72.2 Å². The van der Waals surface area contributed by atoms with Crippen LogP contribution in [0.1, 0.15) is 81.5 Å². The lowest BCUT2D eigenvalue weighted by Crippen LogP contribution is -2.15. The molecule has 0 aliphatic rings. The first-order valence-electron chi connectivity index (χ1n) is 8.95. The van der Waals surface area contributed by atoms with E-state index < -0.39 is 0 Å². The maximum Gasteiger partial charge on any atom is 0.00786 e. The number of hydrogen-bond donors (Lipinski definition) is 0. The fraction of sp³-hybridized carbons (Fsp3) is 0.565. The van der Waals surface area contributed by atoms with E-state index in [9.17, 15) is 0 Å². The minimum atomic E-state index is 0.266. The Morgan fingerprint density at radius 1 is 0.875 bits per heavy atom. The first kappa shape index (κ1) is 21.0. The third-order valence-corrected chi connectivity index (χ3v) is 5.75. The second kappa shape index (κ2) is 7.87. The van der Waals surface area contributed by atoms with Crippen LogP contribution in [0.4, 0.5) is 0 Å². The maximum absolute atomic E-state index is 2.30. The minimum absolute atomic E-state index is 0.266. The summed E-state index contributed by atoms with van der Waals surface area (Å²) in [4.78, 5) is 1.50. The summed E-state index contributed by atoms with van der Waals surface area (Å²) in [5.41, 5.74) is 6.36. The monoisotopic (exact) mass is 344 g/mol. The lowest BCUT2D eigenvalue weighted by atomic mass is 9.80. The van der Waals surface area contributed by atoms with Crippen LogP contribution in [0.25, 0.3) is 0 Å². The Bertz CT molecular complexity index is 611. The number of aryl methyl sites for hydroxylation is 3. The number of thiophene rings is 1. The van der Waals surface area contributed by atoms with Crippen molar-refractivity contribution in [3.8, 4) is 0 Å². The van der Waals surface area contributed by atoms with Crippen molar-refractivity contribution >= 4 is 11.3 Å². The molecule has 0 radical (unpaired) electrons. The van der Waals surface area contributed by atoms with Crippen molar-refractivity contribution in [1.29, 1.82) is 0 Å². The average Bonchev–Trinajstić information content (AvgIpc) is 2.87. The molecule has 0 aliphatic carbocycles. The average molecular weight is 345 g/mol. The van der Waals surface area contributed by atoms with E-state index in [2.05, 4.69) is 98.9 Å². The Balaban J connectivity index is 0.000000243. The highest BCUT2D eigenvalue weighted by atomic mass is 32.1. The predicted octanol–water partition coefficient (Wildman–Crippen LogP) is 7.81. The highest BCUT2D eigenvalue weighted by molar-refractivity contribution is 7.10. The Hall–Kier alpha value is -1.08. The molecule has 0 saturated heterocycles. The molecule has 1 unspecified atom stereocenters. The van der Waals surface area contributed by atoms with Gasteiger partial charge in [-0.05, 0) is 65.7 Å². The molecule has 1 heteroatoms. The van der Waals surface area contributed by atoms with Gasteiger partial charge in [0.2, 0.25) is 0 Å². The van der Waals surface area contributed by atoms with E-state index in [1.165, 1.54) is 27.1 Å². The lowest BCUT2D eigenvalue weighted by Gasteiger charge is -2.26. The molecule has 134 valence electrons. The van der Waals surface area contributed by atoms with Crippen LogP contribution in [0, 0.1) is 26.2 Å². The first-order valence-corrected chi connectivity index (χ1v) is 9.83. The molecule has 0 saturated carbocycles. The number of rotatable bonds is 1. The summed E-state index contributed by atoms with van der Waals surface area (Å²) in [6, 6.07) is 8.89. The van der Waals surface area contributed by atoms with Crippen LogP contribution >= 0.6 is 11.3 Å². The van der Waals surface area contributed by atoms with Crippen LogP contribution < -0.4 is 0 Å². The van der Waals surface area contributed by atoms with Gasteiger partial charge in [0, 0.05) is 4.88 Å². The zero-order valence-corrected chi connectivity index (χ0v) is 18.2. The van der Waals surface area contributed by atoms with E-state index in [1.54, 1.807) is 0 Å². The van der Waals surface area contributed by atoms with Gasteiger partial charge >= 0.3 is 0 Å². The van der Waals surface area contributed by atoms with Gasteiger partial charge in [0.05, 0.1) is 0 Å². The van der Waals surface area contributed by atoms with E-state index in [-0.39, 0.29) is 5.41 Å². The summed E-state index contributed by atoms with van der Waals surface area (Å²) in [7, 11) is 0. The molecule has 0 aliphatic heterocycles. The SMILES string of the molecule is CC(c1cccs1)C(C)(C)C.Cc1cc(C)c(C(C)(C)C)c(C)c1. The van der Waals surface area contributed by atoms with Gasteiger partial charge < -0.3 is 0 Å². The Labute approximate surface area is 154 Å². The van der Waals surface area contributed by atoms with Gasteiger partial charge in [0.25, 0.3) is 0 Å². The van der Waals surface area contributed by atoms with Gasteiger partial charge in [-0.3, -0.25) is 0 Å². The summed E-state index contributed by atoms with van der Waals surface area (Å²) in [5.74, 6) is 0.669. The third kappa shape index (κ3) is 5.77. The van der Waals surface area contributed by atoms with Crippen LogP contribution in [0.5, 0.6) is 0 Å². The fourth-order valence-corrected chi connectivity index (χ4v) is 4.36. The van der Waals surface area contributed by atoms with Gasteiger partial charge in [-0.15, -0.1) is 11.3 Å².